The molecule has 96 valence electrons. The Morgan fingerprint density at radius 3 is 2.72 bits per heavy atom. The van der Waals surface area contributed by atoms with Crippen LogP contribution in [0.25, 0.3) is 0 Å². The van der Waals surface area contributed by atoms with Gasteiger partial charge in [0.15, 0.2) is 0 Å². The number of nitrogens with zero attached hydrogens (tertiary/aromatic N) is 1. The molecule has 0 fully saturated rings. The first-order valence-corrected chi connectivity index (χ1v) is 7.13. The minimum atomic E-state index is 0.679. The van der Waals surface area contributed by atoms with Crippen molar-refractivity contribution in [1.29, 1.82) is 0 Å². The lowest BCUT2D eigenvalue weighted by Crippen LogP contribution is -2.29. The standard InChI is InChI=1S/C15H20N2S/c1-12-5-6-13(2)15(10-12)17(8-7-16)11-14-4-3-9-18-14/h3-6,9-10H,7-8,11,16H2,1-2H3. The Balaban J connectivity index is 2.26. The van der Waals surface area contributed by atoms with Crippen molar-refractivity contribution in [2.24, 2.45) is 5.73 Å². The number of nitrogens with two attached hydrogens (primary N) is 1. The molecule has 2 N–H and O–H groups in total. The SMILES string of the molecule is Cc1ccc(C)c(N(CCN)Cc2cccs2)c1. The molecule has 0 unspecified atom stereocenters. The highest BCUT2D eigenvalue weighted by atomic mass is 32.1. The van der Waals surface area contributed by atoms with E-state index < -0.39 is 0 Å². The van der Waals surface area contributed by atoms with Gasteiger partial charge < -0.3 is 10.6 Å². The van der Waals surface area contributed by atoms with Gasteiger partial charge in [-0.15, -0.1) is 11.3 Å². The van der Waals surface area contributed by atoms with E-state index in [0.717, 1.165) is 13.1 Å². The highest BCUT2D eigenvalue weighted by Crippen LogP contribution is 2.24. The molecule has 2 rings (SSSR count). The molecule has 0 amide bonds. The van der Waals surface area contributed by atoms with Crippen LogP contribution in [0.5, 0.6) is 0 Å². The molecule has 18 heavy (non-hydrogen) atoms. The quantitative estimate of drug-likeness (QED) is 0.893. The van der Waals surface area contributed by atoms with Crippen LogP contribution in [-0.2, 0) is 6.54 Å². The fourth-order valence-corrected chi connectivity index (χ4v) is 2.81. The largest absolute Gasteiger partial charge is 0.365 e. The molecule has 0 bridgehead atoms. The summed E-state index contributed by atoms with van der Waals surface area (Å²) in [7, 11) is 0. The lowest BCUT2D eigenvalue weighted by molar-refractivity contribution is 0.794. The van der Waals surface area contributed by atoms with Gasteiger partial charge in [-0.1, -0.05) is 18.2 Å². The van der Waals surface area contributed by atoms with Crippen LogP contribution in [0.15, 0.2) is 35.7 Å². The maximum Gasteiger partial charge on any atom is 0.0523 e. The van der Waals surface area contributed by atoms with E-state index in [2.05, 4.69) is 54.5 Å². The summed E-state index contributed by atoms with van der Waals surface area (Å²) in [5, 5.41) is 2.12. The minimum Gasteiger partial charge on any atom is -0.365 e. The Kier molecular flexibility index (Phi) is 4.39. The summed E-state index contributed by atoms with van der Waals surface area (Å²) < 4.78 is 0. The smallest absolute Gasteiger partial charge is 0.0523 e. The molecule has 2 nitrogen and oxygen atoms in total. The molecule has 0 saturated carbocycles. The predicted molar refractivity (Wildman–Crippen MR) is 80.3 cm³/mol. The maximum absolute atomic E-state index is 5.75. The molecule has 2 aromatic rings. The van der Waals surface area contributed by atoms with Crippen LogP contribution in [0, 0.1) is 13.8 Å². The zero-order valence-corrected chi connectivity index (χ0v) is 11.8. The molecular formula is C15H20N2S. The average molecular weight is 260 g/mol. The third-order valence-electron chi connectivity index (χ3n) is 3.03. The van der Waals surface area contributed by atoms with Crippen LogP contribution < -0.4 is 10.6 Å². The Bertz CT molecular complexity index is 491. The van der Waals surface area contributed by atoms with Crippen molar-refractivity contribution in [3.8, 4) is 0 Å². The summed E-state index contributed by atoms with van der Waals surface area (Å²) in [6, 6.07) is 10.9. The number of hydrogen-bond acceptors (Lipinski definition) is 3. The zero-order valence-electron chi connectivity index (χ0n) is 11.0. The molecule has 1 heterocycles. The van der Waals surface area contributed by atoms with E-state index in [1.165, 1.54) is 21.7 Å². The van der Waals surface area contributed by atoms with Crippen molar-refractivity contribution in [3.05, 3.63) is 51.7 Å². The van der Waals surface area contributed by atoms with Crippen molar-refractivity contribution in [1.82, 2.24) is 0 Å². The second-order valence-corrected chi connectivity index (χ2v) is 5.61. The van der Waals surface area contributed by atoms with Crippen molar-refractivity contribution in [3.63, 3.8) is 0 Å². The van der Waals surface area contributed by atoms with E-state index in [9.17, 15) is 0 Å². The van der Waals surface area contributed by atoms with Gasteiger partial charge >= 0.3 is 0 Å². The Labute approximate surface area is 113 Å². The van der Waals surface area contributed by atoms with Crippen LogP contribution in [0.2, 0.25) is 0 Å². The van der Waals surface area contributed by atoms with Crippen molar-refractivity contribution >= 4 is 17.0 Å². The Hall–Kier alpha value is -1.32. The molecule has 0 atom stereocenters. The topological polar surface area (TPSA) is 29.3 Å². The van der Waals surface area contributed by atoms with Crippen molar-refractivity contribution in [2.75, 3.05) is 18.0 Å². The average Bonchev–Trinajstić information content (AvgIpc) is 2.85. The van der Waals surface area contributed by atoms with Gasteiger partial charge in [0.2, 0.25) is 0 Å². The number of anilines is 1. The first-order valence-electron chi connectivity index (χ1n) is 6.25. The molecule has 0 spiro atoms. The maximum atomic E-state index is 5.75. The Morgan fingerprint density at radius 2 is 2.06 bits per heavy atom. The van der Waals surface area contributed by atoms with Crippen LogP contribution in [-0.4, -0.2) is 13.1 Å². The van der Waals surface area contributed by atoms with Crippen LogP contribution in [0.4, 0.5) is 5.69 Å². The zero-order chi connectivity index (χ0) is 13.0. The first-order chi connectivity index (χ1) is 8.70. The molecule has 3 heteroatoms. The van der Waals surface area contributed by atoms with Gasteiger partial charge in [-0.3, -0.25) is 0 Å². The Morgan fingerprint density at radius 1 is 1.22 bits per heavy atom. The van der Waals surface area contributed by atoms with E-state index in [-0.39, 0.29) is 0 Å². The third kappa shape index (κ3) is 3.12. The molecule has 0 aliphatic carbocycles. The van der Waals surface area contributed by atoms with Gasteiger partial charge in [-0.2, -0.15) is 0 Å². The van der Waals surface area contributed by atoms with Gasteiger partial charge in [-0.25, -0.2) is 0 Å². The molecule has 0 aliphatic rings. The van der Waals surface area contributed by atoms with Gasteiger partial charge in [-0.05, 0) is 42.5 Å². The summed E-state index contributed by atoms with van der Waals surface area (Å²) in [6.07, 6.45) is 0. The van der Waals surface area contributed by atoms with Crippen molar-refractivity contribution in [2.45, 2.75) is 20.4 Å². The summed E-state index contributed by atoms with van der Waals surface area (Å²) >= 11 is 1.80. The third-order valence-corrected chi connectivity index (χ3v) is 3.89. The monoisotopic (exact) mass is 260 g/mol. The highest BCUT2D eigenvalue weighted by Gasteiger charge is 2.10. The van der Waals surface area contributed by atoms with Crippen molar-refractivity contribution < 1.29 is 0 Å². The number of benzene rings is 1. The van der Waals surface area contributed by atoms with Crippen LogP contribution >= 0.6 is 11.3 Å². The first kappa shape index (κ1) is 13.1. The number of hydrogen-bond donors (Lipinski definition) is 1. The molecule has 0 saturated heterocycles. The lowest BCUT2D eigenvalue weighted by Gasteiger charge is -2.26. The summed E-state index contributed by atoms with van der Waals surface area (Å²) in [5.41, 5.74) is 9.65. The number of thiophene rings is 1. The second-order valence-electron chi connectivity index (χ2n) is 4.58. The predicted octanol–water partition coefficient (Wildman–Crippen LogP) is 3.33. The fourth-order valence-electron chi connectivity index (χ4n) is 2.09. The van der Waals surface area contributed by atoms with E-state index in [1.54, 1.807) is 11.3 Å². The summed E-state index contributed by atoms with van der Waals surface area (Å²) in [4.78, 5) is 3.75. The minimum absolute atomic E-state index is 0.679. The van der Waals surface area contributed by atoms with E-state index in [4.69, 9.17) is 5.73 Å². The van der Waals surface area contributed by atoms with Crippen LogP contribution in [0.1, 0.15) is 16.0 Å². The normalized spacial score (nSPS) is 10.6. The summed E-state index contributed by atoms with van der Waals surface area (Å²) in [5.74, 6) is 0. The van der Waals surface area contributed by atoms with E-state index >= 15 is 0 Å². The van der Waals surface area contributed by atoms with E-state index in [0.29, 0.717) is 6.54 Å². The van der Waals surface area contributed by atoms with E-state index in [1.807, 2.05) is 0 Å². The highest BCUT2D eigenvalue weighted by molar-refractivity contribution is 7.09. The molecule has 1 aromatic carbocycles. The van der Waals surface area contributed by atoms with Crippen LogP contribution in [0.3, 0.4) is 0 Å². The van der Waals surface area contributed by atoms with Gasteiger partial charge in [0.1, 0.15) is 0 Å². The second kappa shape index (κ2) is 6.03. The fraction of sp³-hybridized carbons (Fsp3) is 0.333. The number of aryl methyl sites for hydroxylation is 2. The number of rotatable bonds is 5. The molecule has 0 aliphatic heterocycles. The molecule has 1 aromatic heterocycles. The molecule has 0 radical (unpaired) electrons. The molecular weight excluding hydrogens is 240 g/mol. The van der Waals surface area contributed by atoms with Gasteiger partial charge in [0.25, 0.3) is 0 Å². The lowest BCUT2D eigenvalue weighted by atomic mass is 10.1. The van der Waals surface area contributed by atoms with Gasteiger partial charge in [0, 0.05) is 23.7 Å². The summed E-state index contributed by atoms with van der Waals surface area (Å²) in [6.45, 7) is 6.81. The van der Waals surface area contributed by atoms with Gasteiger partial charge in [0.05, 0.1) is 6.54 Å².